The number of rotatable bonds is 4. The van der Waals surface area contributed by atoms with Crippen molar-refractivity contribution in [2.75, 3.05) is 19.8 Å². The first-order valence-electron chi connectivity index (χ1n) is 5.57. The first kappa shape index (κ1) is 13.9. The highest BCUT2D eigenvalue weighted by Gasteiger charge is 2.18. The predicted octanol–water partition coefficient (Wildman–Crippen LogP) is 1.91. The Hall–Kier alpha value is -1.57. The van der Waals surface area contributed by atoms with Gasteiger partial charge in [0.15, 0.2) is 12.4 Å². The second-order valence-corrected chi connectivity index (χ2v) is 4.95. The number of ether oxygens (including phenoxy) is 3. The number of carbonyl (C=O) groups is 2. The molecule has 0 amide bonds. The van der Waals surface area contributed by atoms with Gasteiger partial charge in [-0.25, -0.2) is 4.79 Å². The van der Waals surface area contributed by atoms with Crippen molar-refractivity contribution in [2.45, 2.75) is 0 Å². The summed E-state index contributed by atoms with van der Waals surface area (Å²) in [6.07, 6.45) is 1.20. The third-order valence-electron chi connectivity index (χ3n) is 2.35. The normalized spacial score (nSPS) is 13.8. The van der Waals surface area contributed by atoms with Crippen LogP contribution in [0.3, 0.4) is 0 Å². The summed E-state index contributed by atoms with van der Waals surface area (Å²) in [5, 5.41) is 0. The lowest BCUT2D eigenvalue weighted by atomic mass is 10.1. The van der Waals surface area contributed by atoms with Crippen LogP contribution in [0.2, 0.25) is 0 Å². The van der Waals surface area contributed by atoms with Crippen LogP contribution in [0.1, 0.15) is 10.4 Å². The number of benzene rings is 1. The van der Waals surface area contributed by atoms with Gasteiger partial charge in [-0.15, -0.1) is 0 Å². The van der Waals surface area contributed by atoms with E-state index in [2.05, 4.69) is 22.6 Å². The molecule has 0 spiro atoms. The summed E-state index contributed by atoms with van der Waals surface area (Å²) in [7, 11) is 0. The fourth-order valence-corrected chi connectivity index (χ4v) is 1.76. The van der Waals surface area contributed by atoms with Gasteiger partial charge in [0.2, 0.25) is 5.76 Å². The molecule has 1 heterocycles. The van der Waals surface area contributed by atoms with Crippen LogP contribution in [0, 0.1) is 3.57 Å². The van der Waals surface area contributed by atoms with Gasteiger partial charge in [-0.3, -0.25) is 4.79 Å². The summed E-state index contributed by atoms with van der Waals surface area (Å²) in [6, 6.07) is 7.02. The van der Waals surface area contributed by atoms with Crippen molar-refractivity contribution < 1.29 is 23.8 Å². The maximum absolute atomic E-state index is 11.8. The molecule has 2 rings (SSSR count). The van der Waals surface area contributed by atoms with Crippen LogP contribution in [0.25, 0.3) is 0 Å². The topological polar surface area (TPSA) is 61.8 Å². The summed E-state index contributed by atoms with van der Waals surface area (Å²) in [4.78, 5) is 23.3. The Morgan fingerprint density at radius 2 is 1.95 bits per heavy atom. The average Bonchev–Trinajstić information content (AvgIpc) is 2.46. The summed E-state index contributed by atoms with van der Waals surface area (Å²) >= 11 is 2.15. The van der Waals surface area contributed by atoms with Crippen LogP contribution in [0.15, 0.2) is 36.3 Å². The van der Waals surface area contributed by atoms with E-state index in [-0.39, 0.29) is 18.1 Å². The number of Topliss-reactive ketones (excluding diaryl/α,β-unsaturated/α-hetero) is 1. The highest BCUT2D eigenvalue weighted by Crippen LogP contribution is 2.09. The number of carbonyl (C=O) groups excluding carboxylic acids is 2. The van der Waals surface area contributed by atoms with Gasteiger partial charge >= 0.3 is 5.97 Å². The minimum atomic E-state index is -0.696. The second-order valence-electron chi connectivity index (χ2n) is 3.71. The molecule has 19 heavy (non-hydrogen) atoms. The van der Waals surface area contributed by atoms with E-state index in [9.17, 15) is 9.59 Å². The summed E-state index contributed by atoms with van der Waals surface area (Å²) in [5.41, 5.74) is 0.503. The summed E-state index contributed by atoms with van der Waals surface area (Å²) in [6.45, 7) is 0.379. The molecule has 0 radical (unpaired) electrons. The molecule has 6 heteroatoms. The number of halogens is 1. The van der Waals surface area contributed by atoms with E-state index in [1.807, 2.05) is 12.1 Å². The van der Waals surface area contributed by atoms with Gasteiger partial charge in [0.25, 0.3) is 0 Å². The van der Waals surface area contributed by atoms with Crippen molar-refractivity contribution in [2.24, 2.45) is 0 Å². The van der Waals surface area contributed by atoms with Gasteiger partial charge in [0.05, 0.1) is 0 Å². The summed E-state index contributed by atoms with van der Waals surface area (Å²) in [5.74, 6) is -0.970. The Morgan fingerprint density at radius 3 is 2.58 bits per heavy atom. The maximum atomic E-state index is 11.8. The number of hydrogen-bond acceptors (Lipinski definition) is 5. The van der Waals surface area contributed by atoms with Crippen LogP contribution in [-0.4, -0.2) is 31.6 Å². The molecule has 0 aliphatic carbocycles. The quantitative estimate of drug-likeness (QED) is 0.458. The molecular formula is C13H11IO5. The molecule has 0 unspecified atom stereocenters. The molecule has 0 saturated heterocycles. The highest BCUT2D eigenvalue weighted by atomic mass is 127. The van der Waals surface area contributed by atoms with Crippen LogP contribution >= 0.6 is 22.6 Å². The Bertz CT molecular complexity index is 506. The standard InChI is InChI=1S/C13H11IO5/c14-10-3-1-9(2-4-10)11(15)7-19-13(16)12-8-17-5-6-18-12/h1-4,8H,5-7H2. The van der Waals surface area contributed by atoms with Gasteiger partial charge in [0.1, 0.15) is 19.5 Å². The highest BCUT2D eigenvalue weighted by molar-refractivity contribution is 14.1. The van der Waals surface area contributed by atoms with Crippen LogP contribution in [-0.2, 0) is 19.0 Å². The number of esters is 1. The largest absolute Gasteiger partial charge is 0.493 e. The van der Waals surface area contributed by atoms with E-state index in [4.69, 9.17) is 14.2 Å². The van der Waals surface area contributed by atoms with E-state index in [0.29, 0.717) is 18.8 Å². The first-order valence-corrected chi connectivity index (χ1v) is 6.65. The van der Waals surface area contributed by atoms with Crippen molar-refractivity contribution in [1.29, 1.82) is 0 Å². The molecule has 1 aromatic rings. The second kappa shape index (κ2) is 6.55. The van der Waals surface area contributed by atoms with E-state index >= 15 is 0 Å². The lowest BCUT2D eigenvalue weighted by molar-refractivity contribution is -0.143. The van der Waals surface area contributed by atoms with Crippen molar-refractivity contribution in [1.82, 2.24) is 0 Å². The minimum Gasteiger partial charge on any atom is -0.493 e. The zero-order valence-corrected chi connectivity index (χ0v) is 12.1. The molecule has 0 saturated carbocycles. The monoisotopic (exact) mass is 374 g/mol. The van der Waals surface area contributed by atoms with Crippen molar-refractivity contribution in [3.05, 3.63) is 45.4 Å². The summed E-state index contributed by atoms with van der Waals surface area (Å²) < 4.78 is 15.9. The molecular weight excluding hydrogens is 363 g/mol. The lowest BCUT2D eigenvalue weighted by Gasteiger charge is -2.14. The molecule has 0 bridgehead atoms. The fraction of sp³-hybridized carbons (Fsp3) is 0.231. The van der Waals surface area contributed by atoms with E-state index in [1.165, 1.54) is 6.26 Å². The zero-order valence-electron chi connectivity index (χ0n) is 9.93. The van der Waals surface area contributed by atoms with E-state index < -0.39 is 5.97 Å². The third-order valence-corrected chi connectivity index (χ3v) is 3.07. The van der Waals surface area contributed by atoms with Crippen LogP contribution in [0.4, 0.5) is 0 Å². The lowest BCUT2D eigenvalue weighted by Crippen LogP contribution is -2.20. The molecule has 1 aliphatic rings. The molecule has 1 aromatic carbocycles. The average molecular weight is 374 g/mol. The predicted molar refractivity (Wildman–Crippen MR) is 74.4 cm³/mol. The van der Waals surface area contributed by atoms with Crippen molar-refractivity contribution >= 4 is 34.3 Å². The van der Waals surface area contributed by atoms with Gasteiger partial charge < -0.3 is 14.2 Å². The Labute approximate surface area is 123 Å². The third kappa shape index (κ3) is 3.95. The fourth-order valence-electron chi connectivity index (χ4n) is 1.40. The number of hydrogen-bond donors (Lipinski definition) is 0. The maximum Gasteiger partial charge on any atom is 0.377 e. The smallest absolute Gasteiger partial charge is 0.377 e. The minimum absolute atomic E-state index is 0.0124. The first-order chi connectivity index (χ1) is 9.16. The SMILES string of the molecule is O=C(OCC(=O)c1ccc(I)cc1)C1=COCCO1. The Morgan fingerprint density at radius 1 is 1.21 bits per heavy atom. The molecule has 0 aromatic heterocycles. The molecule has 0 fully saturated rings. The van der Waals surface area contributed by atoms with Gasteiger partial charge in [-0.1, -0.05) is 12.1 Å². The van der Waals surface area contributed by atoms with Gasteiger partial charge in [-0.05, 0) is 34.7 Å². The Balaban J connectivity index is 1.88. The molecule has 0 N–H and O–H groups in total. The van der Waals surface area contributed by atoms with Crippen LogP contribution < -0.4 is 0 Å². The Kier molecular flexibility index (Phi) is 4.78. The molecule has 5 nitrogen and oxygen atoms in total. The van der Waals surface area contributed by atoms with Crippen molar-refractivity contribution in [3.63, 3.8) is 0 Å². The molecule has 0 atom stereocenters. The van der Waals surface area contributed by atoms with Gasteiger partial charge in [0, 0.05) is 9.13 Å². The van der Waals surface area contributed by atoms with E-state index in [1.54, 1.807) is 12.1 Å². The molecule has 100 valence electrons. The zero-order chi connectivity index (χ0) is 13.7. The number of ketones is 1. The van der Waals surface area contributed by atoms with Crippen molar-refractivity contribution in [3.8, 4) is 0 Å². The van der Waals surface area contributed by atoms with E-state index in [0.717, 1.165) is 3.57 Å². The van der Waals surface area contributed by atoms with Gasteiger partial charge in [-0.2, -0.15) is 0 Å². The molecule has 1 aliphatic heterocycles. The van der Waals surface area contributed by atoms with Crippen LogP contribution in [0.5, 0.6) is 0 Å².